The third-order valence-corrected chi connectivity index (χ3v) is 2.68. The third-order valence-electron chi connectivity index (χ3n) is 2.68. The maximum absolute atomic E-state index is 13.1. The summed E-state index contributed by atoms with van der Waals surface area (Å²) in [7, 11) is 0. The normalized spacial score (nSPS) is 14.4. The summed E-state index contributed by atoms with van der Waals surface area (Å²) in [5, 5.41) is 0. The lowest BCUT2D eigenvalue weighted by molar-refractivity contribution is 0.557. The minimum atomic E-state index is -0.949. The average Bonchev–Trinajstić information content (AvgIpc) is 2.29. The van der Waals surface area contributed by atoms with Crippen LogP contribution in [0.1, 0.15) is 18.2 Å². The van der Waals surface area contributed by atoms with Crippen LogP contribution in [0, 0.1) is 11.6 Å². The molecule has 0 aliphatic rings. The van der Waals surface area contributed by atoms with Crippen LogP contribution >= 0.6 is 0 Å². The molecule has 0 aliphatic heterocycles. The first-order chi connectivity index (χ1) is 8.00. The van der Waals surface area contributed by atoms with Crippen molar-refractivity contribution >= 4 is 0 Å². The van der Waals surface area contributed by atoms with Crippen molar-refractivity contribution in [3.63, 3.8) is 0 Å². The molecular formula is C13H12F2N2. The highest BCUT2D eigenvalue weighted by atomic mass is 19.1. The van der Waals surface area contributed by atoms with Crippen molar-refractivity contribution in [2.45, 2.75) is 12.5 Å². The van der Waals surface area contributed by atoms with Crippen LogP contribution in [0.5, 0.6) is 0 Å². The maximum Gasteiger partial charge on any atom is 0.141 e. The van der Waals surface area contributed by atoms with Gasteiger partial charge in [0, 0.05) is 0 Å². The second kappa shape index (κ2) is 4.22. The first-order valence-corrected chi connectivity index (χ1v) is 5.17. The molecule has 17 heavy (non-hydrogen) atoms. The molecule has 1 aromatic heterocycles. The van der Waals surface area contributed by atoms with E-state index in [9.17, 15) is 8.78 Å². The summed E-state index contributed by atoms with van der Waals surface area (Å²) in [5.74, 6) is -0.787. The molecule has 0 bridgehead atoms. The largest absolute Gasteiger partial charge is 0.317 e. The molecule has 2 aromatic rings. The highest BCUT2D eigenvalue weighted by molar-refractivity contribution is 5.33. The summed E-state index contributed by atoms with van der Waals surface area (Å²) in [5.41, 5.74) is 6.26. The number of nitrogens with zero attached hydrogens (tertiary/aromatic N) is 1. The van der Waals surface area contributed by atoms with Gasteiger partial charge in [0.2, 0.25) is 0 Å². The van der Waals surface area contributed by atoms with Crippen molar-refractivity contribution in [2.75, 3.05) is 0 Å². The SMILES string of the molecule is CC(N)(c1cccc(F)c1)c1ccc(F)cn1. The molecule has 1 atom stereocenters. The summed E-state index contributed by atoms with van der Waals surface area (Å²) in [6, 6.07) is 8.78. The summed E-state index contributed by atoms with van der Waals surface area (Å²) >= 11 is 0. The van der Waals surface area contributed by atoms with Crippen LogP contribution in [-0.2, 0) is 5.54 Å². The van der Waals surface area contributed by atoms with E-state index in [4.69, 9.17) is 5.73 Å². The Labute approximate surface area is 98.1 Å². The second-order valence-electron chi connectivity index (χ2n) is 4.07. The molecule has 4 heteroatoms. The van der Waals surface area contributed by atoms with Crippen LogP contribution in [0.3, 0.4) is 0 Å². The zero-order valence-electron chi connectivity index (χ0n) is 9.32. The van der Waals surface area contributed by atoms with Crippen molar-refractivity contribution in [1.29, 1.82) is 0 Å². The van der Waals surface area contributed by atoms with E-state index in [2.05, 4.69) is 4.98 Å². The maximum atomic E-state index is 13.1. The van der Waals surface area contributed by atoms with Crippen molar-refractivity contribution in [3.05, 3.63) is 65.5 Å². The summed E-state index contributed by atoms with van der Waals surface area (Å²) in [6.45, 7) is 1.71. The van der Waals surface area contributed by atoms with E-state index < -0.39 is 11.4 Å². The van der Waals surface area contributed by atoms with Crippen LogP contribution in [0.25, 0.3) is 0 Å². The molecule has 0 saturated carbocycles. The Morgan fingerprint density at radius 1 is 1.12 bits per heavy atom. The highest BCUT2D eigenvalue weighted by Gasteiger charge is 2.25. The fraction of sp³-hybridized carbons (Fsp3) is 0.154. The molecule has 0 radical (unpaired) electrons. The van der Waals surface area contributed by atoms with Gasteiger partial charge in [-0.1, -0.05) is 12.1 Å². The molecule has 0 saturated heterocycles. The molecule has 1 heterocycles. The van der Waals surface area contributed by atoms with E-state index in [0.29, 0.717) is 11.3 Å². The number of halogens is 2. The number of hydrogen-bond donors (Lipinski definition) is 1. The second-order valence-corrected chi connectivity index (χ2v) is 4.07. The average molecular weight is 234 g/mol. The first-order valence-electron chi connectivity index (χ1n) is 5.17. The van der Waals surface area contributed by atoms with E-state index >= 15 is 0 Å². The Hall–Kier alpha value is -1.81. The summed E-state index contributed by atoms with van der Waals surface area (Å²) in [4.78, 5) is 3.93. The smallest absolute Gasteiger partial charge is 0.141 e. The van der Waals surface area contributed by atoms with E-state index in [-0.39, 0.29) is 5.82 Å². The molecule has 1 unspecified atom stereocenters. The van der Waals surface area contributed by atoms with Gasteiger partial charge in [0.15, 0.2) is 0 Å². The van der Waals surface area contributed by atoms with E-state index in [1.807, 2.05) is 0 Å². The standard InChI is InChI=1S/C13H12F2N2/c1-13(16,9-3-2-4-10(14)7-9)12-6-5-11(15)8-17-12/h2-8H,16H2,1H3. The van der Waals surface area contributed by atoms with Gasteiger partial charge in [-0.15, -0.1) is 0 Å². The number of nitrogens with two attached hydrogens (primary N) is 1. The van der Waals surface area contributed by atoms with Crippen molar-refractivity contribution in [1.82, 2.24) is 4.98 Å². The molecule has 2 N–H and O–H groups in total. The Morgan fingerprint density at radius 3 is 2.47 bits per heavy atom. The number of rotatable bonds is 2. The monoisotopic (exact) mass is 234 g/mol. The van der Waals surface area contributed by atoms with E-state index in [0.717, 1.165) is 6.20 Å². The van der Waals surface area contributed by atoms with E-state index in [1.165, 1.54) is 24.3 Å². The van der Waals surface area contributed by atoms with Crippen LogP contribution in [0.15, 0.2) is 42.6 Å². The van der Waals surface area contributed by atoms with Gasteiger partial charge in [0.05, 0.1) is 17.4 Å². The predicted molar refractivity (Wildman–Crippen MR) is 61.2 cm³/mol. The minimum Gasteiger partial charge on any atom is -0.317 e. The topological polar surface area (TPSA) is 38.9 Å². The lowest BCUT2D eigenvalue weighted by Crippen LogP contribution is -2.35. The Bertz CT molecular complexity index is 521. The number of benzene rings is 1. The molecular weight excluding hydrogens is 222 g/mol. The highest BCUT2D eigenvalue weighted by Crippen LogP contribution is 2.25. The molecule has 0 spiro atoms. The lowest BCUT2D eigenvalue weighted by atomic mass is 9.89. The zero-order valence-corrected chi connectivity index (χ0v) is 9.32. The molecule has 88 valence electrons. The van der Waals surface area contributed by atoms with Gasteiger partial charge in [0.25, 0.3) is 0 Å². The van der Waals surface area contributed by atoms with Gasteiger partial charge in [-0.2, -0.15) is 0 Å². The third kappa shape index (κ3) is 2.31. The van der Waals surface area contributed by atoms with Gasteiger partial charge in [-0.25, -0.2) is 8.78 Å². The predicted octanol–water partition coefficient (Wildman–Crippen LogP) is 2.58. The molecule has 0 amide bonds. The van der Waals surface area contributed by atoms with Crippen LogP contribution in [-0.4, -0.2) is 4.98 Å². The van der Waals surface area contributed by atoms with Gasteiger partial charge in [-0.3, -0.25) is 4.98 Å². The van der Waals surface area contributed by atoms with Crippen molar-refractivity contribution < 1.29 is 8.78 Å². The molecule has 0 fully saturated rings. The quantitative estimate of drug-likeness (QED) is 0.867. The molecule has 2 rings (SSSR count). The fourth-order valence-electron chi connectivity index (χ4n) is 1.64. The number of aromatic nitrogens is 1. The van der Waals surface area contributed by atoms with Gasteiger partial charge in [-0.05, 0) is 36.8 Å². The zero-order chi connectivity index (χ0) is 12.5. The first kappa shape index (κ1) is 11.7. The number of pyridine rings is 1. The lowest BCUT2D eigenvalue weighted by Gasteiger charge is -2.24. The summed E-state index contributed by atoms with van der Waals surface area (Å²) in [6.07, 6.45) is 1.10. The Balaban J connectivity index is 2.45. The Morgan fingerprint density at radius 2 is 1.88 bits per heavy atom. The van der Waals surface area contributed by atoms with Crippen molar-refractivity contribution in [3.8, 4) is 0 Å². The molecule has 2 nitrogen and oxygen atoms in total. The van der Waals surface area contributed by atoms with Gasteiger partial charge in [0.1, 0.15) is 11.6 Å². The Kier molecular flexibility index (Phi) is 2.90. The summed E-state index contributed by atoms with van der Waals surface area (Å²) < 4.78 is 25.9. The van der Waals surface area contributed by atoms with Gasteiger partial charge >= 0.3 is 0 Å². The molecule has 0 aliphatic carbocycles. The van der Waals surface area contributed by atoms with Gasteiger partial charge < -0.3 is 5.73 Å². The van der Waals surface area contributed by atoms with Crippen molar-refractivity contribution in [2.24, 2.45) is 5.73 Å². The fourth-order valence-corrected chi connectivity index (χ4v) is 1.64. The van der Waals surface area contributed by atoms with Crippen LogP contribution in [0.2, 0.25) is 0 Å². The minimum absolute atomic E-state index is 0.360. The van der Waals surface area contributed by atoms with Crippen LogP contribution < -0.4 is 5.73 Å². The molecule has 1 aromatic carbocycles. The number of hydrogen-bond acceptors (Lipinski definition) is 2. The van der Waals surface area contributed by atoms with Crippen LogP contribution in [0.4, 0.5) is 8.78 Å². The van der Waals surface area contributed by atoms with E-state index in [1.54, 1.807) is 19.1 Å².